The molecule has 0 saturated carbocycles. The number of amides is 3. The molecule has 1 saturated heterocycles. The van der Waals surface area contributed by atoms with Crippen LogP contribution in [0.1, 0.15) is 31.5 Å². The highest BCUT2D eigenvalue weighted by Crippen LogP contribution is 2.20. The maximum atomic E-state index is 12.3. The molecular formula is C15H25N5O3. The van der Waals surface area contributed by atoms with Crippen molar-refractivity contribution in [3.63, 3.8) is 0 Å². The van der Waals surface area contributed by atoms with Gasteiger partial charge in [-0.2, -0.15) is 4.98 Å². The molecule has 1 aromatic rings. The number of aromatic nitrogens is 2. The molecule has 0 aliphatic carbocycles. The third-order valence-corrected chi connectivity index (χ3v) is 3.99. The highest BCUT2D eigenvalue weighted by molar-refractivity contribution is 5.86. The Morgan fingerprint density at radius 1 is 1.48 bits per heavy atom. The van der Waals surface area contributed by atoms with E-state index in [2.05, 4.69) is 15.5 Å². The number of hydrogen-bond acceptors (Lipinski definition) is 5. The van der Waals surface area contributed by atoms with Crippen LogP contribution >= 0.6 is 0 Å². The van der Waals surface area contributed by atoms with Gasteiger partial charge in [0.15, 0.2) is 5.82 Å². The van der Waals surface area contributed by atoms with Crippen LogP contribution in [0.3, 0.4) is 0 Å². The first-order chi connectivity index (χ1) is 10.9. The first-order valence-electron chi connectivity index (χ1n) is 7.92. The fraction of sp³-hybridized carbons (Fsp3) is 0.733. The van der Waals surface area contributed by atoms with Crippen molar-refractivity contribution in [2.45, 2.75) is 39.2 Å². The number of urea groups is 1. The summed E-state index contributed by atoms with van der Waals surface area (Å²) in [5.74, 6) is 1.43. The fourth-order valence-electron chi connectivity index (χ4n) is 2.81. The van der Waals surface area contributed by atoms with E-state index in [0.29, 0.717) is 37.1 Å². The Hall–Kier alpha value is -2.12. The minimum absolute atomic E-state index is 0.117. The normalized spacial score (nSPS) is 19.3. The molecule has 8 nitrogen and oxygen atoms in total. The Morgan fingerprint density at radius 2 is 2.22 bits per heavy atom. The molecule has 1 aliphatic rings. The maximum Gasteiger partial charge on any atom is 0.318 e. The van der Waals surface area contributed by atoms with Crippen LogP contribution < -0.4 is 5.32 Å². The Labute approximate surface area is 136 Å². The summed E-state index contributed by atoms with van der Waals surface area (Å²) in [6.07, 6.45) is 2.63. The zero-order valence-corrected chi connectivity index (χ0v) is 14.2. The summed E-state index contributed by atoms with van der Waals surface area (Å²) in [5.41, 5.74) is 0. The number of aryl methyl sites for hydroxylation is 1. The van der Waals surface area contributed by atoms with Crippen molar-refractivity contribution in [2.24, 2.45) is 5.92 Å². The number of rotatable bonds is 4. The highest BCUT2D eigenvalue weighted by Gasteiger charge is 2.27. The molecule has 2 rings (SSSR count). The van der Waals surface area contributed by atoms with Crippen LogP contribution in [0.4, 0.5) is 4.79 Å². The lowest BCUT2D eigenvalue weighted by Crippen LogP contribution is -2.52. The fourth-order valence-corrected chi connectivity index (χ4v) is 2.81. The Bertz CT molecular complexity index is 557. The lowest BCUT2D eigenvalue weighted by molar-refractivity contribution is -0.130. The lowest BCUT2D eigenvalue weighted by atomic mass is 9.95. The van der Waals surface area contributed by atoms with E-state index in [4.69, 9.17) is 4.52 Å². The molecule has 23 heavy (non-hydrogen) atoms. The molecule has 0 bridgehead atoms. The number of likely N-dealkylation sites (N-methyl/N-ethyl adjacent to an activating group) is 1. The molecule has 8 heteroatoms. The van der Waals surface area contributed by atoms with E-state index < -0.39 is 6.04 Å². The van der Waals surface area contributed by atoms with Crippen molar-refractivity contribution in [2.75, 3.05) is 27.2 Å². The van der Waals surface area contributed by atoms with Gasteiger partial charge in [-0.1, -0.05) is 5.16 Å². The zero-order valence-electron chi connectivity index (χ0n) is 14.2. The smallest absolute Gasteiger partial charge is 0.318 e. The van der Waals surface area contributed by atoms with Crippen LogP contribution in [0.2, 0.25) is 0 Å². The number of carbonyl (C=O) groups is 2. The van der Waals surface area contributed by atoms with Crippen molar-refractivity contribution in [1.29, 1.82) is 0 Å². The second-order valence-electron chi connectivity index (χ2n) is 6.30. The highest BCUT2D eigenvalue weighted by atomic mass is 16.5. The summed E-state index contributed by atoms with van der Waals surface area (Å²) in [6.45, 7) is 4.82. The first-order valence-corrected chi connectivity index (χ1v) is 7.92. The predicted octanol–water partition coefficient (Wildman–Crippen LogP) is 0.819. The van der Waals surface area contributed by atoms with Crippen LogP contribution in [0, 0.1) is 12.8 Å². The van der Waals surface area contributed by atoms with E-state index in [0.717, 1.165) is 12.8 Å². The van der Waals surface area contributed by atoms with Gasteiger partial charge < -0.3 is 19.6 Å². The average Bonchev–Trinajstić information content (AvgIpc) is 2.91. The SMILES string of the molecule is Cc1noc(CC2CCCN(C(=O)N[C@@H](C)C(=O)N(C)C)C2)n1. The standard InChI is InChI=1S/C15H25N5O3/c1-10(14(21)19(3)4)16-15(22)20-7-5-6-12(9-20)8-13-17-11(2)18-23-13/h10,12H,5-9H2,1-4H3,(H,16,22)/t10-,12?/m0/s1. The molecule has 1 unspecified atom stereocenters. The van der Waals surface area contributed by atoms with Gasteiger partial charge in [0.25, 0.3) is 0 Å². The zero-order chi connectivity index (χ0) is 17.0. The molecule has 1 fully saturated rings. The Kier molecular flexibility index (Phi) is 5.57. The second-order valence-corrected chi connectivity index (χ2v) is 6.30. The summed E-state index contributed by atoms with van der Waals surface area (Å²) in [4.78, 5) is 31.6. The number of hydrogen-bond donors (Lipinski definition) is 1. The lowest BCUT2D eigenvalue weighted by Gasteiger charge is -2.33. The number of carbonyl (C=O) groups excluding carboxylic acids is 2. The summed E-state index contributed by atoms with van der Waals surface area (Å²) in [7, 11) is 3.35. The van der Waals surface area contributed by atoms with Crippen molar-refractivity contribution in [3.8, 4) is 0 Å². The summed E-state index contributed by atoms with van der Waals surface area (Å²) in [6, 6.07) is -0.726. The van der Waals surface area contributed by atoms with Gasteiger partial charge in [-0.3, -0.25) is 4.79 Å². The molecule has 2 atom stereocenters. The first kappa shape index (κ1) is 17.2. The van der Waals surface area contributed by atoms with Gasteiger partial charge in [-0.15, -0.1) is 0 Å². The van der Waals surface area contributed by atoms with Crippen LogP contribution in [0.15, 0.2) is 4.52 Å². The maximum absolute atomic E-state index is 12.3. The van der Waals surface area contributed by atoms with Crippen molar-refractivity contribution < 1.29 is 14.1 Å². The van der Waals surface area contributed by atoms with Gasteiger partial charge in [-0.05, 0) is 32.6 Å². The number of nitrogens with zero attached hydrogens (tertiary/aromatic N) is 4. The monoisotopic (exact) mass is 323 g/mol. The molecule has 1 N–H and O–H groups in total. The second kappa shape index (κ2) is 7.43. The summed E-state index contributed by atoms with van der Waals surface area (Å²) < 4.78 is 5.15. The molecule has 1 aliphatic heterocycles. The quantitative estimate of drug-likeness (QED) is 0.885. The number of piperidine rings is 1. The van der Waals surface area contributed by atoms with Crippen molar-refractivity contribution >= 4 is 11.9 Å². The van der Waals surface area contributed by atoms with E-state index >= 15 is 0 Å². The van der Waals surface area contributed by atoms with E-state index in [1.54, 1.807) is 32.8 Å². The van der Waals surface area contributed by atoms with Gasteiger partial charge in [0.2, 0.25) is 11.8 Å². The van der Waals surface area contributed by atoms with Gasteiger partial charge in [0.05, 0.1) is 0 Å². The van der Waals surface area contributed by atoms with Crippen LogP contribution in [-0.2, 0) is 11.2 Å². The van der Waals surface area contributed by atoms with Crippen molar-refractivity contribution in [3.05, 3.63) is 11.7 Å². The summed E-state index contributed by atoms with van der Waals surface area (Å²) >= 11 is 0. The third-order valence-electron chi connectivity index (χ3n) is 3.99. The molecule has 0 spiro atoms. The minimum atomic E-state index is -0.531. The van der Waals surface area contributed by atoms with E-state index in [9.17, 15) is 9.59 Å². The van der Waals surface area contributed by atoms with Gasteiger partial charge in [0, 0.05) is 33.6 Å². The minimum Gasteiger partial charge on any atom is -0.347 e. The molecule has 3 amide bonds. The molecule has 2 heterocycles. The largest absolute Gasteiger partial charge is 0.347 e. The van der Waals surface area contributed by atoms with E-state index in [1.807, 2.05) is 0 Å². The third kappa shape index (κ3) is 4.67. The van der Waals surface area contributed by atoms with E-state index in [1.165, 1.54) is 4.90 Å². The molecular weight excluding hydrogens is 298 g/mol. The van der Waals surface area contributed by atoms with Crippen molar-refractivity contribution in [1.82, 2.24) is 25.3 Å². The number of nitrogens with one attached hydrogen (secondary N) is 1. The van der Waals surface area contributed by atoms with Gasteiger partial charge >= 0.3 is 6.03 Å². The van der Waals surface area contributed by atoms with Crippen LogP contribution in [0.5, 0.6) is 0 Å². The average molecular weight is 323 g/mol. The van der Waals surface area contributed by atoms with Gasteiger partial charge in [-0.25, -0.2) is 4.79 Å². The number of likely N-dealkylation sites (tertiary alicyclic amines) is 1. The van der Waals surface area contributed by atoms with Gasteiger partial charge in [0.1, 0.15) is 6.04 Å². The Balaban J connectivity index is 1.87. The molecule has 0 radical (unpaired) electrons. The van der Waals surface area contributed by atoms with Crippen LogP contribution in [-0.4, -0.2) is 65.1 Å². The molecule has 0 aromatic carbocycles. The molecule has 1 aromatic heterocycles. The summed E-state index contributed by atoms with van der Waals surface area (Å²) in [5, 5.41) is 6.55. The topological polar surface area (TPSA) is 91.6 Å². The van der Waals surface area contributed by atoms with Crippen LogP contribution in [0.25, 0.3) is 0 Å². The molecule has 128 valence electrons. The Morgan fingerprint density at radius 3 is 2.83 bits per heavy atom. The predicted molar refractivity (Wildman–Crippen MR) is 83.7 cm³/mol. The van der Waals surface area contributed by atoms with E-state index in [-0.39, 0.29) is 11.9 Å².